The Labute approximate surface area is 125 Å². The molecule has 2 N–H and O–H groups in total. The zero-order valence-corrected chi connectivity index (χ0v) is 12.7. The summed E-state index contributed by atoms with van der Waals surface area (Å²) >= 11 is 0. The molecule has 1 aromatic rings. The van der Waals surface area contributed by atoms with Crippen molar-refractivity contribution >= 4 is 5.91 Å². The molecule has 0 radical (unpaired) electrons. The van der Waals surface area contributed by atoms with Crippen LogP contribution in [-0.2, 0) is 11.8 Å². The first-order valence-electron chi connectivity index (χ1n) is 8.02. The summed E-state index contributed by atoms with van der Waals surface area (Å²) in [6.45, 7) is 1.66. The Morgan fingerprint density at radius 2 is 2.10 bits per heavy atom. The number of hydrogen-bond acceptors (Lipinski definition) is 4. The lowest BCUT2D eigenvalue weighted by molar-refractivity contribution is -0.133. The number of aromatic nitrogens is 3. The van der Waals surface area contributed by atoms with Crippen LogP contribution in [0.2, 0.25) is 0 Å². The summed E-state index contributed by atoms with van der Waals surface area (Å²) in [4.78, 5) is 14.4. The van der Waals surface area contributed by atoms with Gasteiger partial charge in [-0.15, -0.1) is 10.2 Å². The third-order valence-electron chi connectivity index (χ3n) is 5.11. The summed E-state index contributed by atoms with van der Waals surface area (Å²) < 4.78 is 1.99. The first-order valence-corrected chi connectivity index (χ1v) is 8.02. The van der Waals surface area contributed by atoms with Crippen molar-refractivity contribution in [3.05, 3.63) is 12.2 Å². The number of carbonyl (C=O) groups is 1. The minimum atomic E-state index is 0.227. The molecule has 3 rings (SSSR count). The minimum Gasteiger partial charge on any atom is -0.343 e. The largest absolute Gasteiger partial charge is 0.343 e. The summed E-state index contributed by atoms with van der Waals surface area (Å²) in [6, 6.07) is 0.227. The number of hydrogen-bond donors (Lipinski definition) is 1. The summed E-state index contributed by atoms with van der Waals surface area (Å²) in [7, 11) is 1.98. The van der Waals surface area contributed by atoms with Crippen LogP contribution in [0, 0.1) is 5.92 Å². The van der Waals surface area contributed by atoms with Gasteiger partial charge in [-0.05, 0) is 31.6 Å². The van der Waals surface area contributed by atoms with Gasteiger partial charge < -0.3 is 15.2 Å². The predicted molar refractivity (Wildman–Crippen MR) is 79.5 cm³/mol. The molecular weight excluding hydrogens is 266 g/mol. The quantitative estimate of drug-likeness (QED) is 0.902. The molecule has 6 nitrogen and oxygen atoms in total. The normalized spacial score (nSPS) is 27.2. The molecule has 1 aliphatic carbocycles. The molecule has 0 unspecified atom stereocenters. The van der Waals surface area contributed by atoms with E-state index >= 15 is 0 Å². The van der Waals surface area contributed by atoms with Crippen LogP contribution in [0.1, 0.15) is 50.3 Å². The second-order valence-electron chi connectivity index (χ2n) is 6.51. The van der Waals surface area contributed by atoms with Crippen molar-refractivity contribution in [2.24, 2.45) is 18.7 Å². The molecule has 0 spiro atoms. The lowest BCUT2D eigenvalue weighted by atomic mass is 9.94. The molecular formula is C15H25N5O. The van der Waals surface area contributed by atoms with Crippen LogP contribution in [0.4, 0.5) is 0 Å². The summed E-state index contributed by atoms with van der Waals surface area (Å²) in [5.74, 6) is 2.15. The van der Waals surface area contributed by atoms with E-state index in [4.69, 9.17) is 5.73 Å². The van der Waals surface area contributed by atoms with E-state index < -0.39 is 0 Å². The van der Waals surface area contributed by atoms with Crippen LogP contribution in [0.15, 0.2) is 6.33 Å². The van der Waals surface area contributed by atoms with E-state index in [0.29, 0.717) is 18.3 Å². The molecule has 1 aliphatic heterocycles. The Balaban J connectivity index is 1.51. The Morgan fingerprint density at radius 1 is 1.33 bits per heavy atom. The van der Waals surface area contributed by atoms with Crippen molar-refractivity contribution in [1.82, 2.24) is 19.7 Å². The van der Waals surface area contributed by atoms with Crippen molar-refractivity contribution in [3.63, 3.8) is 0 Å². The number of carbonyl (C=O) groups excluding carboxylic acids is 1. The number of rotatable bonds is 3. The fraction of sp³-hybridized carbons (Fsp3) is 0.800. The average Bonchev–Trinajstić information content (AvgIpc) is 3.08. The number of aryl methyl sites for hydroxylation is 1. The van der Waals surface area contributed by atoms with Gasteiger partial charge >= 0.3 is 0 Å². The van der Waals surface area contributed by atoms with Crippen molar-refractivity contribution in [3.8, 4) is 0 Å². The molecule has 1 saturated carbocycles. The molecule has 2 aliphatic rings. The highest BCUT2D eigenvalue weighted by Gasteiger charge is 2.30. The lowest BCUT2D eigenvalue weighted by Gasteiger charge is -2.32. The Morgan fingerprint density at radius 3 is 2.67 bits per heavy atom. The van der Waals surface area contributed by atoms with Gasteiger partial charge in [-0.1, -0.05) is 6.42 Å². The van der Waals surface area contributed by atoms with Crippen LogP contribution in [0.5, 0.6) is 0 Å². The minimum absolute atomic E-state index is 0.227. The summed E-state index contributed by atoms with van der Waals surface area (Å²) in [6.07, 6.45) is 7.70. The van der Waals surface area contributed by atoms with Crippen LogP contribution in [0.3, 0.4) is 0 Å². The Bertz CT molecular complexity index is 492. The topological polar surface area (TPSA) is 77.0 Å². The van der Waals surface area contributed by atoms with E-state index in [1.54, 1.807) is 6.33 Å². The standard InChI is InChI=1S/C15H25N5O/c1-19-10-17-18-15(19)11-5-7-20(8-6-11)14(21)9-12-3-2-4-13(12)16/h10-13H,2-9,16H2,1H3/t12-,13+/m0/s1. The summed E-state index contributed by atoms with van der Waals surface area (Å²) in [5.41, 5.74) is 6.07. The highest BCUT2D eigenvalue weighted by molar-refractivity contribution is 5.76. The zero-order chi connectivity index (χ0) is 14.8. The Hall–Kier alpha value is -1.43. The monoisotopic (exact) mass is 291 g/mol. The van der Waals surface area contributed by atoms with Crippen molar-refractivity contribution in [2.45, 2.75) is 50.5 Å². The molecule has 1 amide bonds. The van der Waals surface area contributed by atoms with Gasteiger partial charge in [0.25, 0.3) is 0 Å². The second kappa shape index (κ2) is 6.13. The first kappa shape index (κ1) is 14.5. The van der Waals surface area contributed by atoms with Crippen molar-refractivity contribution in [2.75, 3.05) is 13.1 Å². The lowest BCUT2D eigenvalue weighted by Crippen LogP contribution is -2.40. The molecule has 2 atom stereocenters. The molecule has 21 heavy (non-hydrogen) atoms. The average molecular weight is 291 g/mol. The fourth-order valence-electron chi connectivity index (χ4n) is 3.72. The second-order valence-corrected chi connectivity index (χ2v) is 6.51. The molecule has 2 fully saturated rings. The maximum atomic E-state index is 12.4. The van der Waals surface area contributed by atoms with Crippen molar-refractivity contribution < 1.29 is 4.79 Å². The van der Waals surface area contributed by atoms with Gasteiger partial charge in [0.15, 0.2) is 0 Å². The first-order chi connectivity index (χ1) is 10.1. The SMILES string of the molecule is Cn1cnnc1C1CCN(C(=O)C[C@@H]2CCC[C@H]2N)CC1. The number of nitrogens with zero attached hydrogens (tertiary/aromatic N) is 4. The molecule has 1 aromatic heterocycles. The van der Waals surface area contributed by atoms with Crippen LogP contribution < -0.4 is 5.73 Å². The van der Waals surface area contributed by atoms with E-state index in [-0.39, 0.29) is 11.9 Å². The van der Waals surface area contributed by atoms with Gasteiger partial charge in [0.2, 0.25) is 5.91 Å². The number of nitrogens with two attached hydrogens (primary N) is 1. The third kappa shape index (κ3) is 3.10. The highest BCUT2D eigenvalue weighted by Crippen LogP contribution is 2.30. The molecule has 0 aromatic carbocycles. The van der Waals surface area contributed by atoms with E-state index in [9.17, 15) is 4.79 Å². The number of piperidine rings is 1. The van der Waals surface area contributed by atoms with Crippen molar-refractivity contribution in [1.29, 1.82) is 0 Å². The molecule has 116 valence electrons. The van der Waals surface area contributed by atoms with Crippen LogP contribution in [-0.4, -0.2) is 44.7 Å². The predicted octanol–water partition coefficient (Wildman–Crippen LogP) is 1.04. The van der Waals surface area contributed by atoms with E-state index in [1.807, 2.05) is 16.5 Å². The number of likely N-dealkylation sites (tertiary alicyclic amines) is 1. The smallest absolute Gasteiger partial charge is 0.222 e. The molecule has 1 saturated heterocycles. The van der Waals surface area contributed by atoms with Gasteiger partial charge in [0.1, 0.15) is 12.2 Å². The van der Waals surface area contributed by atoms with Crippen LogP contribution >= 0.6 is 0 Å². The third-order valence-corrected chi connectivity index (χ3v) is 5.11. The van der Waals surface area contributed by atoms with Crippen LogP contribution in [0.25, 0.3) is 0 Å². The zero-order valence-electron chi connectivity index (χ0n) is 12.7. The molecule has 6 heteroatoms. The number of amides is 1. The van der Waals surface area contributed by atoms with E-state index in [2.05, 4.69) is 10.2 Å². The van der Waals surface area contributed by atoms with Gasteiger partial charge in [-0.3, -0.25) is 4.79 Å². The van der Waals surface area contributed by atoms with Gasteiger partial charge in [0, 0.05) is 38.5 Å². The van der Waals surface area contributed by atoms with E-state index in [0.717, 1.165) is 44.6 Å². The maximum Gasteiger partial charge on any atom is 0.222 e. The fourth-order valence-corrected chi connectivity index (χ4v) is 3.72. The van der Waals surface area contributed by atoms with Gasteiger partial charge in [0.05, 0.1) is 0 Å². The maximum absolute atomic E-state index is 12.4. The summed E-state index contributed by atoms with van der Waals surface area (Å²) in [5, 5.41) is 8.14. The van der Waals surface area contributed by atoms with E-state index in [1.165, 1.54) is 6.42 Å². The van der Waals surface area contributed by atoms with Gasteiger partial charge in [-0.2, -0.15) is 0 Å². The highest BCUT2D eigenvalue weighted by atomic mass is 16.2. The van der Waals surface area contributed by atoms with Gasteiger partial charge in [-0.25, -0.2) is 0 Å². The molecule has 0 bridgehead atoms. The molecule has 2 heterocycles. The Kier molecular flexibility index (Phi) is 4.24.